The van der Waals surface area contributed by atoms with Crippen molar-refractivity contribution < 1.29 is 9.53 Å². The average molecular weight is 292 g/mol. The molecule has 0 fully saturated rings. The number of carbonyl (C=O) groups excluding carboxylic acids is 1. The third-order valence-electron chi connectivity index (χ3n) is 1.55. The molecule has 1 aromatic carbocycles. The van der Waals surface area contributed by atoms with Gasteiger partial charge in [0.25, 0.3) is 5.91 Å². The topological polar surface area (TPSA) is 64.3 Å². The first-order valence-electron chi connectivity index (χ1n) is 3.54. The number of benzene rings is 1. The smallest absolute Gasteiger partial charge is 0.270 e. The normalized spacial score (nSPS) is 9.46. The van der Waals surface area contributed by atoms with Crippen LogP contribution in [0.4, 0.5) is 0 Å². The van der Waals surface area contributed by atoms with Crippen molar-refractivity contribution in [2.45, 2.75) is 0 Å². The molecule has 0 radical (unpaired) electrons. The number of hydrogen-bond acceptors (Lipinski definition) is 3. The Morgan fingerprint density at radius 3 is 2.85 bits per heavy atom. The Balaban J connectivity index is 3.22. The Morgan fingerprint density at radius 2 is 2.31 bits per heavy atom. The molecule has 0 saturated carbocycles. The summed E-state index contributed by atoms with van der Waals surface area (Å²) < 4.78 is 5.83. The van der Waals surface area contributed by atoms with E-state index in [-0.39, 0.29) is 5.91 Å². The van der Waals surface area contributed by atoms with Crippen LogP contribution in [0.25, 0.3) is 0 Å². The van der Waals surface area contributed by atoms with Crippen LogP contribution in [0.1, 0.15) is 10.4 Å². The summed E-state index contributed by atoms with van der Waals surface area (Å²) in [6.07, 6.45) is 0. The van der Waals surface area contributed by atoms with E-state index in [4.69, 9.17) is 10.6 Å². The second-order valence-corrected chi connectivity index (χ2v) is 3.45. The Bertz CT molecular complexity index is 328. The van der Waals surface area contributed by atoms with Crippen molar-refractivity contribution in [2.24, 2.45) is 5.84 Å². The van der Waals surface area contributed by atoms with Crippen LogP contribution in [0, 0.1) is 3.57 Å². The van der Waals surface area contributed by atoms with Gasteiger partial charge in [0.15, 0.2) is 0 Å². The maximum atomic E-state index is 11.3. The number of rotatable bonds is 2. The second-order valence-electron chi connectivity index (χ2n) is 2.29. The van der Waals surface area contributed by atoms with E-state index in [9.17, 15) is 4.79 Å². The fraction of sp³-hybridized carbons (Fsp3) is 0.125. The van der Waals surface area contributed by atoms with Gasteiger partial charge in [-0.2, -0.15) is 0 Å². The molecule has 0 bridgehead atoms. The van der Waals surface area contributed by atoms with Gasteiger partial charge in [-0.1, -0.05) is 6.07 Å². The first kappa shape index (κ1) is 10.3. The molecule has 1 aromatic rings. The minimum atomic E-state index is -0.346. The van der Waals surface area contributed by atoms with E-state index in [1.807, 2.05) is 12.1 Å². The maximum Gasteiger partial charge on any atom is 0.270 e. The molecule has 0 unspecified atom stereocenters. The van der Waals surface area contributed by atoms with Crippen LogP contribution in [0.15, 0.2) is 18.2 Å². The number of hydrogen-bond donors (Lipinski definition) is 2. The van der Waals surface area contributed by atoms with Crippen LogP contribution in [0.2, 0.25) is 0 Å². The number of methoxy groups -OCH3 is 1. The lowest BCUT2D eigenvalue weighted by molar-refractivity contribution is 0.0949. The van der Waals surface area contributed by atoms with Crippen molar-refractivity contribution in [1.29, 1.82) is 0 Å². The molecule has 0 aliphatic heterocycles. The van der Waals surface area contributed by atoms with Crippen LogP contribution in [-0.2, 0) is 0 Å². The largest absolute Gasteiger partial charge is 0.496 e. The van der Waals surface area contributed by atoms with E-state index in [2.05, 4.69) is 28.0 Å². The monoisotopic (exact) mass is 292 g/mol. The summed E-state index contributed by atoms with van der Waals surface area (Å²) in [6, 6.07) is 5.34. The van der Waals surface area contributed by atoms with Crippen LogP contribution >= 0.6 is 22.6 Å². The number of amides is 1. The molecule has 0 heterocycles. The lowest BCUT2D eigenvalue weighted by Crippen LogP contribution is -2.31. The van der Waals surface area contributed by atoms with Gasteiger partial charge in [0.05, 0.1) is 12.7 Å². The van der Waals surface area contributed by atoms with Gasteiger partial charge in [0.1, 0.15) is 5.75 Å². The van der Waals surface area contributed by atoms with Crippen molar-refractivity contribution in [2.75, 3.05) is 7.11 Å². The lowest BCUT2D eigenvalue weighted by atomic mass is 10.2. The summed E-state index contributed by atoms with van der Waals surface area (Å²) in [4.78, 5) is 11.3. The quantitative estimate of drug-likeness (QED) is 0.368. The number of ether oxygens (including phenoxy) is 1. The summed E-state index contributed by atoms with van der Waals surface area (Å²) in [7, 11) is 1.51. The van der Waals surface area contributed by atoms with Crippen LogP contribution < -0.4 is 16.0 Å². The lowest BCUT2D eigenvalue weighted by Gasteiger charge is -2.08. The maximum absolute atomic E-state index is 11.3. The molecule has 0 atom stereocenters. The van der Waals surface area contributed by atoms with Crippen molar-refractivity contribution in [1.82, 2.24) is 5.43 Å². The average Bonchev–Trinajstić information content (AvgIpc) is 2.16. The highest BCUT2D eigenvalue weighted by Crippen LogP contribution is 2.22. The molecule has 0 spiro atoms. The van der Waals surface area contributed by atoms with Gasteiger partial charge >= 0.3 is 0 Å². The first-order valence-corrected chi connectivity index (χ1v) is 4.62. The van der Waals surface area contributed by atoms with Crippen molar-refractivity contribution in [3.63, 3.8) is 0 Å². The zero-order valence-corrected chi connectivity index (χ0v) is 9.16. The van der Waals surface area contributed by atoms with Gasteiger partial charge in [-0.3, -0.25) is 10.2 Å². The summed E-state index contributed by atoms with van der Waals surface area (Å²) in [5, 5.41) is 0. The van der Waals surface area contributed by atoms with Gasteiger partial charge < -0.3 is 4.74 Å². The molecule has 3 N–H and O–H groups in total. The van der Waals surface area contributed by atoms with E-state index in [1.165, 1.54) is 7.11 Å². The molecular formula is C8H9IN2O2. The van der Waals surface area contributed by atoms with Crippen molar-refractivity contribution >= 4 is 28.5 Å². The number of halogens is 1. The molecular weight excluding hydrogens is 283 g/mol. The SMILES string of the molecule is COc1cccc(I)c1C(=O)NN. The molecule has 0 saturated heterocycles. The van der Waals surface area contributed by atoms with E-state index >= 15 is 0 Å². The fourth-order valence-corrected chi connectivity index (χ4v) is 1.69. The van der Waals surface area contributed by atoms with E-state index in [1.54, 1.807) is 6.07 Å². The van der Waals surface area contributed by atoms with Crippen molar-refractivity contribution in [3.05, 3.63) is 27.3 Å². The molecule has 1 rings (SSSR count). The summed E-state index contributed by atoms with van der Waals surface area (Å²) in [5.74, 6) is 5.22. The Morgan fingerprint density at radius 1 is 1.62 bits per heavy atom. The Labute approximate surface area is 89.6 Å². The van der Waals surface area contributed by atoms with Gasteiger partial charge in [-0.05, 0) is 34.7 Å². The zero-order valence-electron chi connectivity index (χ0n) is 7.00. The molecule has 13 heavy (non-hydrogen) atoms. The molecule has 0 aliphatic rings. The molecule has 1 amide bonds. The summed E-state index contributed by atoms with van der Waals surface area (Å²) >= 11 is 2.05. The van der Waals surface area contributed by atoms with Crippen LogP contribution in [0.3, 0.4) is 0 Å². The number of carbonyl (C=O) groups is 1. The van der Waals surface area contributed by atoms with Gasteiger partial charge in [0.2, 0.25) is 0 Å². The van der Waals surface area contributed by atoms with Gasteiger partial charge in [0, 0.05) is 3.57 Å². The fourth-order valence-electron chi connectivity index (χ4n) is 0.967. The molecule has 70 valence electrons. The highest BCUT2D eigenvalue weighted by molar-refractivity contribution is 14.1. The predicted octanol–water partition coefficient (Wildman–Crippen LogP) is 0.903. The van der Waals surface area contributed by atoms with Gasteiger partial charge in [-0.15, -0.1) is 0 Å². The number of nitrogens with two attached hydrogens (primary N) is 1. The number of hydrazine groups is 1. The molecule has 5 heteroatoms. The highest BCUT2D eigenvalue weighted by atomic mass is 127. The van der Waals surface area contributed by atoms with Crippen LogP contribution in [0.5, 0.6) is 5.75 Å². The minimum Gasteiger partial charge on any atom is -0.496 e. The predicted molar refractivity (Wildman–Crippen MR) is 57.4 cm³/mol. The summed E-state index contributed by atoms with van der Waals surface area (Å²) in [5.41, 5.74) is 2.54. The van der Waals surface area contributed by atoms with Crippen LogP contribution in [-0.4, -0.2) is 13.0 Å². The highest BCUT2D eigenvalue weighted by Gasteiger charge is 2.13. The Hall–Kier alpha value is -0.820. The Kier molecular flexibility index (Phi) is 3.49. The van der Waals surface area contributed by atoms with E-state index in [0.29, 0.717) is 11.3 Å². The molecule has 4 nitrogen and oxygen atoms in total. The third-order valence-corrected chi connectivity index (χ3v) is 2.45. The minimum absolute atomic E-state index is 0.346. The first-order chi connectivity index (χ1) is 6.20. The summed E-state index contributed by atoms with van der Waals surface area (Å²) in [6.45, 7) is 0. The standard InChI is InChI=1S/C8H9IN2O2/c1-13-6-4-2-3-5(9)7(6)8(12)11-10/h2-4H,10H2,1H3,(H,11,12). The van der Waals surface area contributed by atoms with E-state index < -0.39 is 0 Å². The third kappa shape index (κ3) is 2.10. The number of nitrogen functional groups attached to an aromatic ring is 1. The van der Waals surface area contributed by atoms with Crippen molar-refractivity contribution in [3.8, 4) is 5.75 Å². The van der Waals surface area contributed by atoms with Gasteiger partial charge in [-0.25, -0.2) is 5.84 Å². The molecule has 0 aromatic heterocycles. The second kappa shape index (κ2) is 4.43. The van der Waals surface area contributed by atoms with E-state index in [0.717, 1.165) is 3.57 Å². The zero-order chi connectivity index (χ0) is 9.84. The molecule has 0 aliphatic carbocycles. The number of nitrogens with one attached hydrogen (secondary N) is 1.